The Morgan fingerprint density at radius 1 is 0.818 bits per heavy atom. The molecule has 132 valence electrons. The summed E-state index contributed by atoms with van der Waals surface area (Å²) >= 11 is 0. The molecule has 0 aromatic rings. The topological polar surface area (TPSA) is 0 Å². The summed E-state index contributed by atoms with van der Waals surface area (Å²) < 4.78 is 0. The highest BCUT2D eigenvalue weighted by molar-refractivity contribution is 5.08. The fourth-order valence-corrected chi connectivity index (χ4v) is 6.69. The van der Waals surface area contributed by atoms with E-state index in [2.05, 4.69) is 27.7 Å². The van der Waals surface area contributed by atoms with Crippen molar-refractivity contribution < 1.29 is 0 Å². The van der Waals surface area contributed by atoms with Crippen LogP contribution >= 0.6 is 0 Å². The van der Waals surface area contributed by atoms with Crippen molar-refractivity contribution in [2.75, 3.05) is 0 Å². The van der Waals surface area contributed by atoms with Crippen LogP contribution in [-0.2, 0) is 0 Å². The van der Waals surface area contributed by atoms with Crippen molar-refractivity contribution >= 4 is 0 Å². The summed E-state index contributed by atoms with van der Waals surface area (Å²) in [7, 11) is 0. The van der Waals surface area contributed by atoms with Crippen molar-refractivity contribution in [2.24, 2.45) is 40.9 Å². The molecule has 0 aromatic heterocycles. The van der Waals surface area contributed by atoms with E-state index < -0.39 is 0 Å². The molecule has 0 N–H and O–H groups in total. The molecule has 6 unspecified atom stereocenters. The molecule has 3 aliphatic rings. The van der Waals surface area contributed by atoms with E-state index in [1.807, 2.05) is 27.7 Å². The van der Waals surface area contributed by atoms with Gasteiger partial charge in [-0.15, -0.1) is 0 Å². The van der Waals surface area contributed by atoms with E-state index in [4.69, 9.17) is 0 Å². The number of fused-ring (bicyclic) bond motifs is 3. The minimum atomic E-state index is 0.634. The van der Waals surface area contributed by atoms with Gasteiger partial charge in [0.1, 0.15) is 0 Å². The predicted octanol–water partition coefficient (Wildman–Crippen LogP) is 7.57. The van der Waals surface area contributed by atoms with Gasteiger partial charge in [0.25, 0.3) is 0 Å². The molecule has 0 aromatic carbocycles. The molecule has 6 atom stereocenters. The van der Waals surface area contributed by atoms with E-state index in [0.29, 0.717) is 5.41 Å². The Hall–Kier alpha value is 0. The van der Waals surface area contributed by atoms with Crippen LogP contribution < -0.4 is 0 Å². The Morgan fingerprint density at radius 3 is 1.86 bits per heavy atom. The average molecular weight is 309 g/mol. The van der Waals surface area contributed by atoms with Crippen LogP contribution in [0.5, 0.6) is 0 Å². The zero-order chi connectivity index (χ0) is 16.9. The predicted molar refractivity (Wildman–Crippen MR) is 101 cm³/mol. The first kappa shape index (κ1) is 20.0. The lowest BCUT2D eigenvalue weighted by molar-refractivity contribution is 0.126. The molecule has 0 heteroatoms. The van der Waals surface area contributed by atoms with Crippen LogP contribution in [0.4, 0.5) is 0 Å². The number of hydrogen-bond acceptors (Lipinski definition) is 0. The zero-order valence-electron chi connectivity index (χ0n) is 16.9. The molecule has 0 aliphatic heterocycles. The number of hydrogen-bond donors (Lipinski definition) is 0. The highest BCUT2D eigenvalue weighted by Gasteiger charge is 2.60. The molecule has 3 rings (SSSR count). The van der Waals surface area contributed by atoms with E-state index in [-0.39, 0.29) is 0 Å². The van der Waals surface area contributed by atoms with Gasteiger partial charge >= 0.3 is 0 Å². The molecular weight excluding hydrogens is 264 g/mol. The Kier molecular flexibility index (Phi) is 7.96. The molecule has 0 saturated heterocycles. The van der Waals surface area contributed by atoms with Crippen LogP contribution in [0.25, 0.3) is 0 Å². The maximum atomic E-state index is 2.59. The fraction of sp³-hybridized carbons (Fsp3) is 1.00. The van der Waals surface area contributed by atoms with Crippen LogP contribution in [0.2, 0.25) is 0 Å². The van der Waals surface area contributed by atoms with Gasteiger partial charge in [-0.05, 0) is 60.2 Å². The summed E-state index contributed by atoms with van der Waals surface area (Å²) in [6.45, 7) is 18.1. The maximum Gasteiger partial charge on any atom is -0.0298 e. The Balaban J connectivity index is 0.000000561. The summed E-state index contributed by atoms with van der Waals surface area (Å²) in [6.07, 6.45) is 10.6. The quantitative estimate of drug-likeness (QED) is 0.493. The second-order valence-corrected chi connectivity index (χ2v) is 8.15. The van der Waals surface area contributed by atoms with Crippen molar-refractivity contribution in [1.29, 1.82) is 0 Å². The molecule has 3 fully saturated rings. The van der Waals surface area contributed by atoms with Crippen molar-refractivity contribution in [3.63, 3.8) is 0 Å². The summed E-state index contributed by atoms with van der Waals surface area (Å²) in [5.74, 6) is 6.47. The lowest BCUT2D eigenvalue weighted by atomic mass is 9.68. The third-order valence-corrected chi connectivity index (χ3v) is 7.03. The first-order valence-corrected chi connectivity index (χ1v) is 10.6. The summed E-state index contributed by atoms with van der Waals surface area (Å²) in [5.41, 5.74) is 0.634. The molecule has 22 heavy (non-hydrogen) atoms. The molecule has 0 spiro atoms. The van der Waals surface area contributed by atoms with Gasteiger partial charge < -0.3 is 0 Å². The van der Waals surface area contributed by atoms with Gasteiger partial charge in [0.15, 0.2) is 0 Å². The van der Waals surface area contributed by atoms with Gasteiger partial charge in [-0.25, -0.2) is 0 Å². The monoisotopic (exact) mass is 308 g/mol. The lowest BCUT2D eigenvalue weighted by Gasteiger charge is -2.37. The highest BCUT2D eigenvalue weighted by atomic mass is 14.6. The van der Waals surface area contributed by atoms with E-state index in [1.165, 1.54) is 32.1 Å². The van der Waals surface area contributed by atoms with E-state index >= 15 is 0 Å². The van der Waals surface area contributed by atoms with Crippen LogP contribution in [0.15, 0.2) is 0 Å². The van der Waals surface area contributed by atoms with Crippen molar-refractivity contribution in [3.8, 4) is 0 Å². The van der Waals surface area contributed by atoms with Gasteiger partial charge in [-0.3, -0.25) is 0 Å². The molecule has 0 nitrogen and oxygen atoms in total. The highest BCUT2D eigenvalue weighted by Crippen LogP contribution is 2.67. The molecular formula is C22H44. The third kappa shape index (κ3) is 3.41. The van der Waals surface area contributed by atoms with Crippen LogP contribution in [0, 0.1) is 40.9 Å². The Labute approximate surface area is 141 Å². The van der Waals surface area contributed by atoms with Gasteiger partial charge in [0, 0.05) is 0 Å². The van der Waals surface area contributed by atoms with Crippen LogP contribution in [-0.4, -0.2) is 0 Å². The number of rotatable bonds is 2. The van der Waals surface area contributed by atoms with Gasteiger partial charge in [0.2, 0.25) is 0 Å². The molecule has 0 heterocycles. The largest absolute Gasteiger partial charge is 0.0683 e. The third-order valence-electron chi connectivity index (χ3n) is 7.03. The van der Waals surface area contributed by atoms with Gasteiger partial charge in [-0.1, -0.05) is 81.1 Å². The normalized spacial score (nSPS) is 41.5. The molecule has 3 aliphatic carbocycles. The second-order valence-electron chi connectivity index (χ2n) is 8.15. The van der Waals surface area contributed by atoms with Crippen molar-refractivity contribution in [2.45, 2.75) is 100 Å². The average Bonchev–Trinajstić information content (AvgIpc) is 3.04. The first-order valence-electron chi connectivity index (χ1n) is 10.6. The molecule has 3 saturated carbocycles. The fourth-order valence-electron chi connectivity index (χ4n) is 6.69. The standard InChI is InChI=1S/C18H32.2C2H6/c1-5-12-11-18(3,4)17-15-10-8-7-9-14(15)13(6-2)16(12)17;2*1-2/h12-17H,5-11H2,1-4H3;2*1-2H3. The summed E-state index contributed by atoms with van der Waals surface area (Å²) in [4.78, 5) is 0. The van der Waals surface area contributed by atoms with E-state index in [0.717, 1.165) is 35.5 Å². The minimum absolute atomic E-state index is 0.634. The summed E-state index contributed by atoms with van der Waals surface area (Å²) in [5, 5.41) is 0. The van der Waals surface area contributed by atoms with Crippen LogP contribution in [0.1, 0.15) is 100 Å². The molecule has 0 bridgehead atoms. The lowest BCUT2D eigenvalue weighted by Crippen LogP contribution is -2.29. The van der Waals surface area contributed by atoms with Gasteiger partial charge in [-0.2, -0.15) is 0 Å². The van der Waals surface area contributed by atoms with E-state index in [1.54, 1.807) is 12.8 Å². The second kappa shape index (κ2) is 8.74. The van der Waals surface area contributed by atoms with E-state index in [9.17, 15) is 0 Å². The zero-order valence-corrected chi connectivity index (χ0v) is 16.9. The van der Waals surface area contributed by atoms with Gasteiger partial charge in [0.05, 0.1) is 0 Å². The minimum Gasteiger partial charge on any atom is -0.0683 e. The van der Waals surface area contributed by atoms with Crippen LogP contribution in [0.3, 0.4) is 0 Å². The SMILES string of the molecule is CC.CC.CCC1CC(C)(C)C2C3CCCCC3C(CC)C12. The van der Waals surface area contributed by atoms with Crippen molar-refractivity contribution in [3.05, 3.63) is 0 Å². The molecule has 0 radical (unpaired) electrons. The first-order chi connectivity index (χ1) is 10.6. The Morgan fingerprint density at radius 2 is 1.36 bits per heavy atom. The molecule has 0 amide bonds. The Bertz CT molecular complexity index is 303. The summed E-state index contributed by atoms with van der Waals surface area (Å²) in [6, 6.07) is 0. The maximum absolute atomic E-state index is 2.59. The smallest absolute Gasteiger partial charge is 0.0298 e. The van der Waals surface area contributed by atoms with Crippen molar-refractivity contribution in [1.82, 2.24) is 0 Å².